The summed E-state index contributed by atoms with van der Waals surface area (Å²) in [5, 5.41) is 3.59. The molecule has 1 unspecified atom stereocenters. The Balaban J connectivity index is 2.29. The van der Waals surface area contributed by atoms with E-state index >= 15 is 0 Å². The normalized spacial score (nSPS) is 12.2. The van der Waals surface area contributed by atoms with Crippen molar-refractivity contribution in [2.24, 2.45) is 0 Å². The summed E-state index contributed by atoms with van der Waals surface area (Å²) in [5.74, 6) is 0. The highest BCUT2D eigenvalue weighted by atomic mass is 79.9. The van der Waals surface area contributed by atoms with E-state index in [9.17, 15) is 0 Å². The zero-order valence-electron chi connectivity index (χ0n) is 10.5. The van der Waals surface area contributed by atoms with Gasteiger partial charge in [0.25, 0.3) is 0 Å². The molecule has 2 rings (SSSR count). The predicted octanol–water partition coefficient (Wildman–Crippen LogP) is 6.54. The van der Waals surface area contributed by atoms with Gasteiger partial charge in [-0.25, -0.2) is 0 Å². The molecule has 100 valence electrons. The monoisotopic (exact) mass is 445 g/mol. The van der Waals surface area contributed by atoms with Crippen LogP contribution in [0.15, 0.2) is 55.9 Å². The van der Waals surface area contributed by atoms with Gasteiger partial charge in [0.2, 0.25) is 0 Å². The zero-order valence-corrected chi connectivity index (χ0v) is 15.2. The average Bonchev–Trinajstić information content (AvgIpc) is 2.38. The van der Waals surface area contributed by atoms with Crippen LogP contribution in [0.4, 0.5) is 5.69 Å². The minimum Gasteiger partial charge on any atom is -0.376 e. The van der Waals surface area contributed by atoms with Crippen LogP contribution in [0.25, 0.3) is 0 Å². The third-order valence-electron chi connectivity index (χ3n) is 2.94. The molecule has 1 nitrogen and oxygen atoms in total. The van der Waals surface area contributed by atoms with Crippen molar-refractivity contribution in [1.82, 2.24) is 0 Å². The van der Waals surface area contributed by atoms with Gasteiger partial charge in [-0.3, -0.25) is 0 Å². The number of anilines is 1. The molecule has 0 heterocycles. The lowest BCUT2D eigenvalue weighted by Crippen LogP contribution is -2.10. The summed E-state index contributed by atoms with van der Waals surface area (Å²) < 4.78 is 3.24. The lowest BCUT2D eigenvalue weighted by molar-refractivity contribution is 0.747. The van der Waals surface area contributed by atoms with Crippen LogP contribution in [0.5, 0.6) is 0 Å². The second-order valence-corrected chi connectivity index (χ2v) is 6.88. The number of hydrogen-bond donors (Lipinski definition) is 1. The third kappa shape index (κ3) is 3.83. The molecule has 0 aromatic heterocycles. The first kappa shape index (κ1) is 15.1. The largest absolute Gasteiger partial charge is 0.376 e. The van der Waals surface area contributed by atoms with Crippen molar-refractivity contribution in [3.05, 3.63) is 61.4 Å². The van der Waals surface area contributed by atoms with Gasteiger partial charge < -0.3 is 5.32 Å². The summed E-state index contributed by atoms with van der Waals surface area (Å²) in [6, 6.07) is 14.8. The van der Waals surface area contributed by atoms with Crippen LogP contribution >= 0.6 is 47.8 Å². The summed E-state index contributed by atoms with van der Waals surface area (Å²) in [6.07, 6.45) is 1.02. The highest BCUT2D eigenvalue weighted by molar-refractivity contribution is 9.11. The Kier molecular flexibility index (Phi) is 5.48. The summed E-state index contributed by atoms with van der Waals surface area (Å²) in [5.41, 5.74) is 2.37. The number of hydrogen-bond acceptors (Lipinski definition) is 1. The summed E-state index contributed by atoms with van der Waals surface area (Å²) in [4.78, 5) is 0. The zero-order chi connectivity index (χ0) is 13.8. The van der Waals surface area contributed by atoms with Crippen molar-refractivity contribution in [1.29, 1.82) is 0 Å². The molecule has 0 aliphatic rings. The van der Waals surface area contributed by atoms with E-state index in [1.165, 1.54) is 5.56 Å². The van der Waals surface area contributed by atoms with Crippen LogP contribution in [0, 0.1) is 0 Å². The van der Waals surface area contributed by atoms with Gasteiger partial charge in [-0.05, 0) is 68.1 Å². The van der Waals surface area contributed by atoms with Crippen LogP contribution in [0.2, 0.25) is 0 Å². The summed E-state index contributed by atoms with van der Waals surface area (Å²) in [6.45, 7) is 2.18. The molecule has 0 amide bonds. The molecule has 19 heavy (non-hydrogen) atoms. The first-order valence-corrected chi connectivity index (χ1v) is 8.45. The van der Waals surface area contributed by atoms with Crippen LogP contribution in [-0.2, 0) is 0 Å². The SMILES string of the molecule is CCC(Nc1c(Br)cccc1Br)c1cccc(Br)c1. The maximum atomic E-state index is 3.59. The Bertz CT molecular complexity index is 549. The van der Waals surface area contributed by atoms with Crippen molar-refractivity contribution < 1.29 is 0 Å². The number of benzene rings is 2. The lowest BCUT2D eigenvalue weighted by Gasteiger charge is -2.21. The van der Waals surface area contributed by atoms with Crippen LogP contribution in [0.3, 0.4) is 0 Å². The molecule has 1 N–H and O–H groups in total. The highest BCUT2D eigenvalue weighted by Crippen LogP contribution is 2.34. The summed E-state index contributed by atoms with van der Waals surface area (Å²) >= 11 is 10.7. The maximum absolute atomic E-state index is 3.59. The van der Waals surface area contributed by atoms with E-state index in [1.54, 1.807) is 0 Å². The molecule has 0 bridgehead atoms. The molecule has 0 spiro atoms. The molecule has 0 aliphatic heterocycles. The minimum atomic E-state index is 0.285. The van der Waals surface area contributed by atoms with E-state index in [0.717, 1.165) is 25.5 Å². The number of nitrogens with one attached hydrogen (secondary N) is 1. The quantitative estimate of drug-likeness (QED) is 0.561. The minimum absolute atomic E-state index is 0.285. The van der Waals surface area contributed by atoms with E-state index in [1.807, 2.05) is 24.3 Å². The van der Waals surface area contributed by atoms with Crippen molar-refractivity contribution in [2.45, 2.75) is 19.4 Å². The number of halogens is 3. The molecule has 0 saturated carbocycles. The van der Waals surface area contributed by atoms with Gasteiger partial charge in [0.1, 0.15) is 0 Å². The van der Waals surface area contributed by atoms with Crippen LogP contribution < -0.4 is 5.32 Å². The average molecular weight is 448 g/mol. The third-order valence-corrected chi connectivity index (χ3v) is 4.76. The molecule has 2 aromatic carbocycles. The molecule has 0 saturated heterocycles. The fraction of sp³-hybridized carbons (Fsp3) is 0.200. The Morgan fingerprint density at radius 2 is 1.63 bits per heavy atom. The fourth-order valence-corrected chi connectivity index (χ4v) is 3.60. The van der Waals surface area contributed by atoms with Gasteiger partial charge in [-0.2, -0.15) is 0 Å². The van der Waals surface area contributed by atoms with Crippen molar-refractivity contribution in [3.63, 3.8) is 0 Å². The lowest BCUT2D eigenvalue weighted by atomic mass is 10.0. The Hall–Kier alpha value is -0.320. The second kappa shape index (κ2) is 6.91. The van der Waals surface area contributed by atoms with Gasteiger partial charge in [-0.1, -0.05) is 41.1 Å². The Morgan fingerprint density at radius 1 is 1.00 bits per heavy atom. The highest BCUT2D eigenvalue weighted by Gasteiger charge is 2.13. The van der Waals surface area contributed by atoms with Gasteiger partial charge in [0.05, 0.1) is 11.7 Å². The number of rotatable bonds is 4. The predicted molar refractivity (Wildman–Crippen MR) is 92.6 cm³/mol. The van der Waals surface area contributed by atoms with Gasteiger partial charge in [0.15, 0.2) is 0 Å². The van der Waals surface area contributed by atoms with E-state index in [2.05, 4.69) is 78.2 Å². The molecule has 0 aliphatic carbocycles. The van der Waals surface area contributed by atoms with E-state index in [0.29, 0.717) is 0 Å². The molecule has 4 heteroatoms. The van der Waals surface area contributed by atoms with E-state index in [4.69, 9.17) is 0 Å². The van der Waals surface area contributed by atoms with Gasteiger partial charge in [-0.15, -0.1) is 0 Å². The first-order chi connectivity index (χ1) is 9.11. The molecule has 0 fully saturated rings. The second-order valence-electron chi connectivity index (χ2n) is 4.26. The van der Waals surface area contributed by atoms with Crippen molar-refractivity contribution >= 4 is 53.5 Å². The fourth-order valence-electron chi connectivity index (χ4n) is 1.95. The Labute approximate surface area is 139 Å². The molecular formula is C15H14Br3N. The molecule has 1 atom stereocenters. The summed E-state index contributed by atoms with van der Waals surface area (Å²) in [7, 11) is 0. The Morgan fingerprint density at radius 3 is 2.21 bits per heavy atom. The van der Waals surface area contributed by atoms with Crippen LogP contribution in [0.1, 0.15) is 24.9 Å². The van der Waals surface area contributed by atoms with E-state index in [-0.39, 0.29) is 6.04 Å². The number of para-hydroxylation sites is 1. The molecular weight excluding hydrogens is 434 g/mol. The van der Waals surface area contributed by atoms with Gasteiger partial charge >= 0.3 is 0 Å². The first-order valence-electron chi connectivity index (χ1n) is 6.08. The standard InChI is InChI=1S/C15H14Br3N/c1-2-14(10-5-3-6-11(16)9-10)19-15-12(17)7-4-8-13(15)18/h3-9,14,19H,2H2,1H3. The van der Waals surface area contributed by atoms with E-state index < -0.39 is 0 Å². The van der Waals surface area contributed by atoms with Crippen molar-refractivity contribution in [3.8, 4) is 0 Å². The smallest absolute Gasteiger partial charge is 0.0633 e. The van der Waals surface area contributed by atoms with Crippen molar-refractivity contribution in [2.75, 3.05) is 5.32 Å². The van der Waals surface area contributed by atoms with Gasteiger partial charge in [0, 0.05) is 13.4 Å². The molecule has 2 aromatic rings. The topological polar surface area (TPSA) is 12.0 Å². The molecule has 0 radical (unpaired) electrons. The van der Waals surface area contributed by atoms with Crippen LogP contribution in [-0.4, -0.2) is 0 Å². The maximum Gasteiger partial charge on any atom is 0.0633 e.